The maximum atomic E-state index is 12.6. The van der Waals surface area contributed by atoms with Gasteiger partial charge in [0.1, 0.15) is 0 Å². The molecule has 1 aromatic carbocycles. The summed E-state index contributed by atoms with van der Waals surface area (Å²) in [6.45, 7) is 5.66. The van der Waals surface area contributed by atoms with Gasteiger partial charge in [-0.3, -0.25) is 9.69 Å². The Morgan fingerprint density at radius 1 is 1.35 bits per heavy atom. The van der Waals surface area contributed by atoms with Crippen molar-refractivity contribution in [2.75, 3.05) is 20.3 Å². The van der Waals surface area contributed by atoms with Crippen LogP contribution in [-0.2, 0) is 11.2 Å². The number of hydrogen-bond acceptors (Lipinski definition) is 3. The van der Waals surface area contributed by atoms with E-state index in [1.54, 1.807) is 7.11 Å². The zero-order valence-corrected chi connectivity index (χ0v) is 12.8. The van der Waals surface area contributed by atoms with Crippen LogP contribution in [0.25, 0.3) is 0 Å². The van der Waals surface area contributed by atoms with E-state index < -0.39 is 0 Å². The first-order valence-corrected chi connectivity index (χ1v) is 7.55. The Kier molecular flexibility index (Phi) is 5.32. The number of ketones is 1. The molecule has 0 bridgehead atoms. The largest absolute Gasteiger partial charge is 0.383 e. The van der Waals surface area contributed by atoms with Crippen LogP contribution in [0, 0.1) is 0 Å². The number of Topliss-reactive ketones (excluding diaryl/α,β-unsaturated/α-hetero) is 1. The lowest BCUT2D eigenvalue weighted by Gasteiger charge is -2.27. The van der Waals surface area contributed by atoms with Crippen LogP contribution in [0.2, 0.25) is 0 Å². The molecule has 1 aliphatic carbocycles. The van der Waals surface area contributed by atoms with Crippen LogP contribution in [0.4, 0.5) is 0 Å². The van der Waals surface area contributed by atoms with E-state index in [0.717, 1.165) is 18.5 Å². The number of carbonyl (C=O) groups is 1. The first-order chi connectivity index (χ1) is 9.67. The zero-order chi connectivity index (χ0) is 14.5. The molecular weight excluding hydrogens is 250 g/mol. The van der Waals surface area contributed by atoms with Crippen LogP contribution in [0.15, 0.2) is 24.3 Å². The Hall–Kier alpha value is -1.19. The second kappa shape index (κ2) is 7.00. The minimum atomic E-state index is -0.0647. The molecule has 1 aliphatic rings. The fraction of sp³-hybridized carbons (Fsp3) is 0.588. The van der Waals surface area contributed by atoms with Crippen LogP contribution in [0.1, 0.15) is 42.6 Å². The van der Waals surface area contributed by atoms with Gasteiger partial charge in [-0.2, -0.15) is 0 Å². The number of rotatable bonds is 8. The number of methoxy groups -OCH3 is 1. The number of hydrogen-bond donors (Lipinski definition) is 0. The van der Waals surface area contributed by atoms with E-state index in [1.807, 2.05) is 19.1 Å². The smallest absolute Gasteiger partial charge is 0.179 e. The molecule has 1 unspecified atom stereocenters. The molecule has 3 nitrogen and oxygen atoms in total. The second-order valence-corrected chi connectivity index (χ2v) is 5.55. The summed E-state index contributed by atoms with van der Waals surface area (Å²) in [6, 6.07) is 8.52. The average Bonchev–Trinajstić information content (AvgIpc) is 3.31. The van der Waals surface area contributed by atoms with Gasteiger partial charge in [-0.15, -0.1) is 0 Å². The van der Waals surface area contributed by atoms with E-state index in [2.05, 4.69) is 24.0 Å². The highest BCUT2D eigenvalue weighted by Gasteiger charge is 2.34. The summed E-state index contributed by atoms with van der Waals surface area (Å²) in [4.78, 5) is 14.9. The Morgan fingerprint density at radius 2 is 2.00 bits per heavy atom. The molecule has 110 valence electrons. The van der Waals surface area contributed by atoms with Crippen molar-refractivity contribution in [2.45, 2.75) is 45.2 Å². The monoisotopic (exact) mass is 275 g/mol. The van der Waals surface area contributed by atoms with Gasteiger partial charge in [0.2, 0.25) is 0 Å². The van der Waals surface area contributed by atoms with E-state index >= 15 is 0 Å². The number of aryl methyl sites for hydroxylation is 1. The lowest BCUT2D eigenvalue weighted by atomic mass is 10.0. The minimum absolute atomic E-state index is 0.0647. The lowest BCUT2D eigenvalue weighted by molar-refractivity contribution is 0.0758. The normalized spacial score (nSPS) is 16.4. The molecule has 0 spiro atoms. The van der Waals surface area contributed by atoms with Crippen molar-refractivity contribution in [3.8, 4) is 0 Å². The van der Waals surface area contributed by atoms with E-state index in [-0.39, 0.29) is 11.8 Å². The third-order valence-electron chi connectivity index (χ3n) is 4.09. The SMILES string of the molecule is CCc1ccc(C(=O)C(C)N(CCOC)C2CC2)cc1. The molecule has 0 amide bonds. The molecule has 0 saturated heterocycles. The van der Waals surface area contributed by atoms with E-state index in [0.29, 0.717) is 12.6 Å². The maximum absolute atomic E-state index is 12.6. The molecule has 0 radical (unpaired) electrons. The summed E-state index contributed by atoms with van der Waals surface area (Å²) in [5, 5.41) is 0. The summed E-state index contributed by atoms with van der Waals surface area (Å²) in [5.41, 5.74) is 2.09. The molecular formula is C17H25NO2. The van der Waals surface area contributed by atoms with Gasteiger partial charge in [-0.25, -0.2) is 0 Å². The summed E-state index contributed by atoms with van der Waals surface area (Å²) in [6.07, 6.45) is 3.41. The van der Waals surface area contributed by atoms with Crippen molar-refractivity contribution in [3.05, 3.63) is 35.4 Å². The second-order valence-electron chi connectivity index (χ2n) is 5.55. The van der Waals surface area contributed by atoms with Gasteiger partial charge in [0.25, 0.3) is 0 Å². The number of ether oxygens (including phenoxy) is 1. The molecule has 3 heteroatoms. The maximum Gasteiger partial charge on any atom is 0.179 e. The van der Waals surface area contributed by atoms with Gasteiger partial charge in [0.15, 0.2) is 5.78 Å². The Labute approximate surface area is 121 Å². The van der Waals surface area contributed by atoms with Crippen molar-refractivity contribution >= 4 is 5.78 Å². The average molecular weight is 275 g/mol. The molecule has 0 heterocycles. The summed E-state index contributed by atoms with van der Waals surface area (Å²) in [7, 11) is 1.71. The van der Waals surface area contributed by atoms with E-state index in [9.17, 15) is 4.79 Å². The standard InChI is InChI=1S/C17H25NO2/c1-4-14-5-7-15(8-6-14)17(19)13(2)18(11-12-20-3)16-9-10-16/h5-8,13,16H,4,9-12H2,1-3H3. The van der Waals surface area contributed by atoms with Crippen LogP contribution < -0.4 is 0 Å². The third-order valence-corrected chi connectivity index (χ3v) is 4.09. The van der Waals surface area contributed by atoms with Gasteiger partial charge in [-0.1, -0.05) is 31.2 Å². The highest BCUT2D eigenvalue weighted by atomic mass is 16.5. The van der Waals surface area contributed by atoms with Crippen LogP contribution >= 0.6 is 0 Å². The Bertz CT molecular complexity index is 437. The first kappa shape index (κ1) is 15.2. The molecule has 1 saturated carbocycles. The molecule has 1 atom stereocenters. The summed E-state index contributed by atoms with van der Waals surface area (Å²) >= 11 is 0. The number of nitrogens with zero attached hydrogens (tertiary/aromatic N) is 1. The molecule has 1 aromatic rings. The fourth-order valence-corrected chi connectivity index (χ4v) is 2.59. The van der Waals surface area contributed by atoms with Crippen LogP contribution in [0.3, 0.4) is 0 Å². The Morgan fingerprint density at radius 3 is 2.50 bits per heavy atom. The van der Waals surface area contributed by atoms with Gasteiger partial charge < -0.3 is 4.74 Å². The molecule has 0 N–H and O–H groups in total. The molecule has 0 aromatic heterocycles. The highest BCUT2D eigenvalue weighted by Crippen LogP contribution is 2.29. The van der Waals surface area contributed by atoms with Gasteiger partial charge >= 0.3 is 0 Å². The van der Waals surface area contributed by atoms with Crippen molar-refractivity contribution in [2.24, 2.45) is 0 Å². The van der Waals surface area contributed by atoms with Gasteiger partial charge in [0, 0.05) is 25.3 Å². The number of benzene rings is 1. The fourth-order valence-electron chi connectivity index (χ4n) is 2.59. The van der Waals surface area contributed by atoms with E-state index in [4.69, 9.17) is 4.74 Å². The zero-order valence-electron chi connectivity index (χ0n) is 12.8. The molecule has 20 heavy (non-hydrogen) atoms. The quantitative estimate of drug-likeness (QED) is 0.683. The minimum Gasteiger partial charge on any atom is -0.383 e. The molecule has 1 fully saturated rings. The van der Waals surface area contributed by atoms with Crippen molar-refractivity contribution in [1.82, 2.24) is 4.90 Å². The van der Waals surface area contributed by atoms with Gasteiger partial charge in [-0.05, 0) is 31.7 Å². The number of carbonyl (C=O) groups excluding carboxylic acids is 1. The first-order valence-electron chi connectivity index (χ1n) is 7.55. The molecule has 2 rings (SSSR count). The molecule has 0 aliphatic heterocycles. The van der Waals surface area contributed by atoms with Crippen molar-refractivity contribution in [1.29, 1.82) is 0 Å². The Balaban J connectivity index is 2.04. The van der Waals surface area contributed by atoms with E-state index in [1.165, 1.54) is 18.4 Å². The third kappa shape index (κ3) is 3.68. The predicted molar refractivity (Wildman–Crippen MR) is 81.2 cm³/mol. The van der Waals surface area contributed by atoms with Gasteiger partial charge in [0.05, 0.1) is 12.6 Å². The highest BCUT2D eigenvalue weighted by molar-refractivity contribution is 5.99. The van der Waals surface area contributed by atoms with Crippen LogP contribution in [0.5, 0.6) is 0 Å². The predicted octanol–water partition coefficient (Wildman–Crippen LogP) is 2.93. The summed E-state index contributed by atoms with van der Waals surface area (Å²) < 4.78 is 5.16. The lowest BCUT2D eigenvalue weighted by Crippen LogP contribution is -2.42. The van der Waals surface area contributed by atoms with Crippen molar-refractivity contribution in [3.63, 3.8) is 0 Å². The van der Waals surface area contributed by atoms with Crippen LogP contribution in [-0.4, -0.2) is 43.0 Å². The topological polar surface area (TPSA) is 29.5 Å². The summed E-state index contributed by atoms with van der Waals surface area (Å²) in [5.74, 6) is 0.218. The van der Waals surface area contributed by atoms with Crippen molar-refractivity contribution < 1.29 is 9.53 Å².